The van der Waals surface area contributed by atoms with E-state index in [1.807, 2.05) is 48.7 Å². The lowest BCUT2D eigenvalue weighted by molar-refractivity contribution is 0.620. The molecule has 0 saturated carbocycles. The Labute approximate surface area is 300 Å². The molecule has 0 fully saturated rings. The van der Waals surface area contributed by atoms with Gasteiger partial charge in [-0.3, -0.25) is 9.13 Å². The van der Waals surface area contributed by atoms with E-state index in [4.69, 9.17) is 24.4 Å². The summed E-state index contributed by atoms with van der Waals surface area (Å²) in [6.07, 6.45) is 1.93. The fourth-order valence-electron chi connectivity index (χ4n) is 7.24. The van der Waals surface area contributed by atoms with Crippen molar-refractivity contribution in [3.05, 3.63) is 158 Å². The smallest absolute Gasteiger partial charge is 0.227 e. The van der Waals surface area contributed by atoms with Crippen molar-refractivity contribution in [2.75, 3.05) is 0 Å². The van der Waals surface area contributed by atoms with Gasteiger partial charge in [-0.25, -0.2) is 19.9 Å². The third-order valence-electron chi connectivity index (χ3n) is 9.66. The first-order valence-electron chi connectivity index (χ1n) is 17.0. The number of oxazole rings is 1. The Morgan fingerprint density at radius 2 is 1.19 bits per heavy atom. The van der Waals surface area contributed by atoms with E-state index >= 15 is 0 Å². The zero-order valence-corrected chi connectivity index (χ0v) is 28.3. The summed E-state index contributed by atoms with van der Waals surface area (Å²) in [7, 11) is 0. The van der Waals surface area contributed by atoms with Crippen LogP contribution in [0.15, 0.2) is 162 Å². The summed E-state index contributed by atoms with van der Waals surface area (Å²) in [6.45, 7) is 0. The third-order valence-corrected chi connectivity index (χ3v) is 10.7. The minimum Gasteiger partial charge on any atom is -0.436 e. The van der Waals surface area contributed by atoms with E-state index < -0.39 is 0 Å². The van der Waals surface area contributed by atoms with Gasteiger partial charge in [0.05, 0.1) is 32.3 Å². The van der Waals surface area contributed by atoms with E-state index in [2.05, 4.69) is 118 Å². The van der Waals surface area contributed by atoms with Crippen LogP contribution in [-0.4, -0.2) is 29.1 Å². The van der Waals surface area contributed by atoms with Gasteiger partial charge in [0, 0.05) is 39.3 Å². The summed E-state index contributed by atoms with van der Waals surface area (Å²) in [5.74, 6) is 2.25. The number of para-hydroxylation sites is 6. The average molecular weight is 687 g/mol. The van der Waals surface area contributed by atoms with Crippen LogP contribution in [0.1, 0.15) is 0 Å². The van der Waals surface area contributed by atoms with E-state index in [0.29, 0.717) is 5.89 Å². The minimum atomic E-state index is 0.593. The standard InChI is InChI=1S/C44H26N6OS/c1-2-10-30(11-3-1)49-38-15-7-4-12-33(38)46-42(49)29-20-23-41(45-26-29)50-36-21-18-27(43-47-34-13-5-8-16-39(34)51-43)24-31(36)32-25-28(19-22-37(32)50)44-48-35-14-6-9-17-40(35)52-44/h1-26H. The molecule has 5 heterocycles. The monoisotopic (exact) mass is 686 g/mol. The second kappa shape index (κ2) is 11.3. The number of nitrogens with zero attached hydrogens (tertiary/aromatic N) is 6. The summed E-state index contributed by atoms with van der Waals surface area (Å²) in [5, 5.41) is 3.17. The lowest BCUT2D eigenvalue weighted by atomic mass is 10.1. The number of imidazole rings is 1. The van der Waals surface area contributed by atoms with Crippen molar-refractivity contribution >= 4 is 65.5 Å². The Bertz CT molecular complexity index is 2940. The molecule has 0 bridgehead atoms. The van der Waals surface area contributed by atoms with Gasteiger partial charge in [-0.1, -0.05) is 54.6 Å². The first-order valence-corrected chi connectivity index (χ1v) is 17.9. The van der Waals surface area contributed by atoms with Gasteiger partial charge in [0.15, 0.2) is 5.58 Å². The zero-order valence-electron chi connectivity index (χ0n) is 27.5. The maximum absolute atomic E-state index is 6.21. The van der Waals surface area contributed by atoms with Gasteiger partial charge >= 0.3 is 0 Å². The lowest BCUT2D eigenvalue weighted by Crippen LogP contribution is -2.00. The Morgan fingerprint density at radius 1 is 0.500 bits per heavy atom. The largest absolute Gasteiger partial charge is 0.436 e. The molecule has 244 valence electrons. The van der Waals surface area contributed by atoms with E-state index in [1.165, 1.54) is 4.70 Å². The molecule has 0 aliphatic heterocycles. The zero-order chi connectivity index (χ0) is 34.2. The summed E-state index contributed by atoms with van der Waals surface area (Å²) in [5.41, 5.74) is 10.6. The number of rotatable bonds is 5. The molecule has 11 aromatic rings. The van der Waals surface area contributed by atoms with Crippen LogP contribution in [0.2, 0.25) is 0 Å². The van der Waals surface area contributed by atoms with Crippen LogP contribution in [0.25, 0.3) is 99.1 Å². The van der Waals surface area contributed by atoms with Gasteiger partial charge in [-0.15, -0.1) is 11.3 Å². The van der Waals surface area contributed by atoms with Crippen molar-refractivity contribution < 1.29 is 4.42 Å². The molecular weight excluding hydrogens is 661 g/mol. The highest BCUT2D eigenvalue weighted by atomic mass is 32.1. The quantitative estimate of drug-likeness (QED) is 0.180. The van der Waals surface area contributed by atoms with Crippen LogP contribution in [0.3, 0.4) is 0 Å². The van der Waals surface area contributed by atoms with Gasteiger partial charge < -0.3 is 4.42 Å². The molecule has 0 unspecified atom stereocenters. The molecule has 52 heavy (non-hydrogen) atoms. The molecule has 0 radical (unpaired) electrons. The highest BCUT2D eigenvalue weighted by Crippen LogP contribution is 2.39. The maximum Gasteiger partial charge on any atom is 0.227 e. The van der Waals surface area contributed by atoms with Gasteiger partial charge in [0.1, 0.15) is 22.2 Å². The van der Waals surface area contributed by atoms with E-state index in [-0.39, 0.29) is 0 Å². The number of benzene rings is 6. The van der Waals surface area contributed by atoms with Crippen molar-refractivity contribution in [2.24, 2.45) is 0 Å². The molecule has 0 aliphatic rings. The van der Waals surface area contributed by atoms with E-state index in [9.17, 15) is 0 Å². The molecule has 0 atom stereocenters. The van der Waals surface area contributed by atoms with Gasteiger partial charge in [0.25, 0.3) is 0 Å². The van der Waals surface area contributed by atoms with Crippen LogP contribution in [-0.2, 0) is 0 Å². The van der Waals surface area contributed by atoms with Crippen molar-refractivity contribution in [1.29, 1.82) is 0 Å². The fourth-order valence-corrected chi connectivity index (χ4v) is 8.20. The molecule has 0 saturated heterocycles. The maximum atomic E-state index is 6.21. The van der Waals surface area contributed by atoms with Gasteiger partial charge in [-0.2, -0.15) is 0 Å². The van der Waals surface area contributed by atoms with Crippen molar-refractivity contribution in [1.82, 2.24) is 29.1 Å². The van der Waals surface area contributed by atoms with Crippen molar-refractivity contribution in [3.63, 3.8) is 0 Å². The first kappa shape index (κ1) is 28.9. The second-order valence-electron chi connectivity index (χ2n) is 12.8. The number of fused-ring (bicyclic) bond motifs is 6. The molecule has 0 N–H and O–H groups in total. The Morgan fingerprint density at radius 3 is 1.98 bits per heavy atom. The highest BCUT2D eigenvalue weighted by Gasteiger charge is 2.19. The molecule has 0 aliphatic carbocycles. The third kappa shape index (κ3) is 4.51. The van der Waals surface area contributed by atoms with Crippen LogP contribution in [0, 0.1) is 0 Å². The van der Waals surface area contributed by atoms with E-state index in [1.54, 1.807) is 11.3 Å². The molecule has 7 nitrogen and oxygen atoms in total. The van der Waals surface area contributed by atoms with Crippen LogP contribution >= 0.6 is 11.3 Å². The van der Waals surface area contributed by atoms with Crippen LogP contribution in [0.5, 0.6) is 0 Å². The summed E-state index contributed by atoms with van der Waals surface area (Å²) >= 11 is 1.71. The molecule has 6 aromatic carbocycles. The molecule has 0 amide bonds. The molecule has 5 aromatic heterocycles. The predicted molar refractivity (Wildman–Crippen MR) is 210 cm³/mol. The SMILES string of the molecule is c1ccc(-n2c(-c3ccc(-n4c5ccc(-c6nc7ccccc7o6)cc5c5cc(-c6nc7ccccc7s6)ccc54)nc3)nc3ccccc32)cc1. The van der Waals surface area contributed by atoms with E-state index in [0.717, 1.165) is 88.5 Å². The average Bonchev–Trinajstić information content (AvgIpc) is 3.99. The molecule has 8 heteroatoms. The van der Waals surface area contributed by atoms with Crippen LogP contribution < -0.4 is 0 Å². The molecular formula is C44H26N6OS. The Kier molecular flexibility index (Phi) is 6.28. The summed E-state index contributed by atoms with van der Waals surface area (Å²) in [6, 6.07) is 51.9. The van der Waals surface area contributed by atoms with Gasteiger partial charge in [-0.05, 0) is 97.1 Å². The number of aromatic nitrogens is 6. The normalized spacial score (nSPS) is 11.8. The summed E-state index contributed by atoms with van der Waals surface area (Å²) in [4.78, 5) is 19.9. The first-order chi connectivity index (χ1) is 25.7. The number of hydrogen-bond donors (Lipinski definition) is 0. The fraction of sp³-hybridized carbons (Fsp3) is 0. The second-order valence-corrected chi connectivity index (χ2v) is 13.8. The predicted octanol–water partition coefficient (Wildman–Crippen LogP) is 11.3. The lowest BCUT2D eigenvalue weighted by Gasteiger charge is -2.11. The van der Waals surface area contributed by atoms with Crippen molar-refractivity contribution in [2.45, 2.75) is 0 Å². The number of pyridine rings is 1. The topological polar surface area (TPSA) is 74.6 Å². The highest BCUT2D eigenvalue weighted by molar-refractivity contribution is 7.21. The Balaban J connectivity index is 1.09. The Hall–Kier alpha value is -6.90. The summed E-state index contributed by atoms with van der Waals surface area (Å²) < 4.78 is 11.8. The molecule has 11 rings (SSSR count). The molecule has 0 spiro atoms. The number of hydrogen-bond acceptors (Lipinski definition) is 6. The van der Waals surface area contributed by atoms with Crippen LogP contribution in [0.4, 0.5) is 0 Å². The minimum absolute atomic E-state index is 0.593. The van der Waals surface area contributed by atoms with Gasteiger partial charge in [0.2, 0.25) is 5.89 Å². The number of thiazole rings is 1. The van der Waals surface area contributed by atoms with Crippen molar-refractivity contribution in [3.8, 4) is 44.9 Å².